The highest BCUT2D eigenvalue weighted by molar-refractivity contribution is 6.31. The summed E-state index contributed by atoms with van der Waals surface area (Å²) in [6, 6.07) is 6.84. The van der Waals surface area contributed by atoms with E-state index in [1.165, 1.54) is 10.9 Å². The summed E-state index contributed by atoms with van der Waals surface area (Å²) in [5, 5.41) is 4.79. The fraction of sp³-hybridized carbons (Fsp3) is 0.154. The zero-order valence-electron chi connectivity index (χ0n) is 10.1. The third-order valence-corrected chi connectivity index (χ3v) is 3.02. The Labute approximate surface area is 113 Å². The largest absolute Gasteiger partial charge is 0.359 e. The predicted octanol–water partition coefficient (Wildman–Crippen LogP) is 2.39. The van der Waals surface area contributed by atoms with E-state index in [4.69, 9.17) is 16.1 Å². The van der Waals surface area contributed by atoms with Gasteiger partial charge in [0.05, 0.1) is 29.5 Å². The molecule has 0 N–H and O–H groups in total. The van der Waals surface area contributed by atoms with E-state index < -0.39 is 0 Å². The molecule has 0 amide bonds. The summed E-state index contributed by atoms with van der Waals surface area (Å²) in [6.45, 7) is 2.13. The molecule has 1 aromatic carbocycles. The van der Waals surface area contributed by atoms with E-state index in [0.717, 1.165) is 5.69 Å². The van der Waals surface area contributed by atoms with Gasteiger partial charge < -0.3 is 4.52 Å². The molecule has 5 nitrogen and oxygen atoms in total. The van der Waals surface area contributed by atoms with Gasteiger partial charge in [-0.05, 0) is 25.1 Å². The molecule has 2 heterocycles. The summed E-state index contributed by atoms with van der Waals surface area (Å²) >= 11 is 5.90. The van der Waals surface area contributed by atoms with Crippen LogP contribution in [0.2, 0.25) is 5.02 Å². The van der Waals surface area contributed by atoms with E-state index in [9.17, 15) is 4.79 Å². The molecule has 0 unspecified atom stereocenters. The summed E-state index contributed by atoms with van der Waals surface area (Å²) in [5.74, 6) is 0.614. The first kappa shape index (κ1) is 11.9. The van der Waals surface area contributed by atoms with Crippen molar-refractivity contribution < 1.29 is 4.52 Å². The molecule has 2 aromatic heterocycles. The number of aromatic nitrogens is 3. The predicted molar refractivity (Wildman–Crippen MR) is 71.4 cm³/mol. The highest BCUT2D eigenvalue weighted by Crippen LogP contribution is 2.14. The first-order chi connectivity index (χ1) is 9.13. The zero-order chi connectivity index (χ0) is 13.4. The minimum absolute atomic E-state index is 0.151. The number of fused-ring (bicyclic) bond motifs is 1. The molecule has 6 heteroatoms. The normalized spacial score (nSPS) is 11.1. The molecule has 0 aliphatic carbocycles. The molecule has 0 fully saturated rings. The Morgan fingerprint density at radius 3 is 2.95 bits per heavy atom. The van der Waals surface area contributed by atoms with E-state index in [1.807, 2.05) is 6.92 Å². The van der Waals surface area contributed by atoms with E-state index in [-0.39, 0.29) is 5.56 Å². The second kappa shape index (κ2) is 4.51. The van der Waals surface area contributed by atoms with Crippen molar-refractivity contribution in [1.82, 2.24) is 14.7 Å². The Morgan fingerprint density at radius 2 is 2.21 bits per heavy atom. The van der Waals surface area contributed by atoms with E-state index in [1.54, 1.807) is 24.3 Å². The molecule has 96 valence electrons. The van der Waals surface area contributed by atoms with Gasteiger partial charge in [0.25, 0.3) is 5.56 Å². The van der Waals surface area contributed by atoms with Gasteiger partial charge in [-0.2, -0.15) is 0 Å². The lowest BCUT2D eigenvalue weighted by Gasteiger charge is -2.04. The molecule has 0 aliphatic rings. The SMILES string of the molecule is Cc1cc(Cn2cnc3ccc(Cl)cc3c2=O)on1. The lowest BCUT2D eigenvalue weighted by atomic mass is 10.2. The van der Waals surface area contributed by atoms with E-state index >= 15 is 0 Å². The molecule has 3 rings (SSSR count). The van der Waals surface area contributed by atoms with Crippen LogP contribution >= 0.6 is 11.6 Å². The fourth-order valence-electron chi connectivity index (χ4n) is 1.90. The number of nitrogens with zero attached hydrogens (tertiary/aromatic N) is 3. The lowest BCUT2D eigenvalue weighted by molar-refractivity contribution is 0.371. The molecular formula is C13H10ClN3O2. The van der Waals surface area contributed by atoms with Crippen LogP contribution in [-0.4, -0.2) is 14.7 Å². The van der Waals surface area contributed by atoms with Crippen LogP contribution in [0.1, 0.15) is 11.5 Å². The first-order valence-corrected chi connectivity index (χ1v) is 6.08. The quantitative estimate of drug-likeness (QED) is 0.720. The molecule has 0 saturated heterocycles. The van der Waals surface area contributed by atoms with Crippen molar-refractivity contribution >= 4 is 22.5 Å². The molecule has 0 spiro atoms. The third-order valence-electron chi connectivity index (χ3n) is 2.79. The average molecular weight is 276 g/mol. The molecule has 3 aromatic rings. The van der Waals surface area contributed by atoms with Gasteiger partial charge in [-0.3, -0.25) is 9.36 Å². The van der Waals surface area contributed by atoms with Crippen LogP contribution in [0, 0.1) is 6.92 Å². The molecule has 0 radical (unpaired) electrons. The molecule has 19 heavy (non-hydrogen) atoms. The van der Waals surface area contributed by atoms with Crippen LogP contribution in [0.3, 0.4) is 0 Å². The van der Waals surface area contributed by atoms with Crippen molar-refractivity contribution in [3.8, 4) is 0 Å². The summed E-state index contributed by atoms with van der Waals surface area (Å²) < 4.78 is 6.57. The Hall–Kier alpha value is -2.14. The van der Waals surface area contributed by atoms with Crippen LogP contribution in [0.5, 0.6) is 0 Å². The number of benzene rings is 1. The highest BCUT2D eigenvalue weighted by Gasteiger charge is 2.07. The first-order valence-electron chi connectivity index (χ1n) is 5.70. The second-order valence-corrected chi connectivity index (χ2v) is 4.71. The van der Waals surface area contributed by atoms with Gasteiger partial charge in [0, 0.05) is 11.1 Å². The molecular weight excluding hydrogens is 266 g/mol. The van der Waals surface area contributed by atoms with Gasteiger partial charge in [-0.15, -0.1) is 0 Å². The summed E-state index contributed by atoms with van der Waals surface area (Å²) in [4.78, 5) is 16.5. The summed E-state index contributed by atoms with van der Waals surface area (Å²) in [6.07, 6.45) is 1.50. The third kappa shape index (κ3) is 2.24. The lowest BCUT2D eigenvalue weighted by Crippen LogP contribution is -2.20. The highest BCUT2D eigenvalue weighted by atomic mass is 35.5. The van der Waals surface area contributed by atoms with Gasteiger partial charge in [-0.1, -0.05) is 16.8 Å². The van der Waals surface area contributed by atoms with Crippen molar-refractivity contribution in [3.05, 3.63) is 57.4 Å². The second-order valence-electron chi connectivity index (χ2n) is 4.27. The molecule has 0 atom stereocenters. The maximum absolute atomic E-state index is 12.3. The average Bonchev–Trinajstić information content (AvgIpc) is 2.79. The zero-order valence-corrected chi connectivity index (χ0v) is 10.9. The monoisotopic (exact) mass is 275 g/mol. The minimum Gasteiger partial charge on any atom is -0.359 e. The number of hydrogen-bond acceptors (Lipinski definition) is 4. The maximum atomic E-state index is 12.3. The van der Waals surface area contributed by atoms with Gasteiger partial charge in [0.15, 0.2) is 5.76 Å². The number of halogens is 1. The van der Waals surface area contributed by atoms with Crippen LogP contribution < -0.4 is 5.56 Å². The molecule has 0 saturated carbocycles. The van der Waals surface area contributed by atoms with E-state index in [2.05, 4.69) is 10.1 Å². The Balaban J connectivity index is 2.09. The maximum Gasteiger partial charge on any atom is 0.261 e. The molecule has 0 aliphatic heterocycles. The minimum atomic E-state index is -0.151. The van der Waals surface area contributed by atoms with Crippen LogP contribution in [0.15, 0.2) is 39.9 Å². The van der Waals surface area contributed by atoms with Crippen LogP contribution in [-0.2, 0) is 6.54 Å². The van der Waals surface area contributed by atoms with Crippen molar-refractivity contribution in [2.45, 2.75) is 13.5 Å². The van der Waals surface area contributed by atoms with Gasteiger partial charge in [0.1, 0.15) is 0 Å². The van der Waals surface area contributed by atoms with Gasteiger partial charge >= 0.3 is 0 Å². The van der Waals surface area contributed by atoms with Crippen LogP contribution in [0.25, 0.3) is 10.9 Å². The van der Waals surface area contributed by atoms with Crippen molar-refractivity contribution in [1.29, 1.82) is 0 Å². The smallest absolute Gasteiger partial charge is 0.261 e. The van der Waals surface area contributed by atoms with Crippen molar-refractivity contribution in [2.24, 2.45) is 0 Å². The fourth-order valence-corrected chi connectivity index (χ4v) is 2.07. The van der Waals surface area contributed by atoms with Crippen LogP contribution in [0.4, 0.5) is 0 Å². The van der Waals surface area contributed by atoms with Crippen molar-refractivity contribution in [3.63, 3.8) is 0 Å². The van der Waals surface area contributed by atoms with Crippen molar-refractivity contribution in [2.75, 3.05) is 0 Å². The standard InChI is InChI=1S/C13H10ClN3O2/c1-8-4-10(19-16-8)6-17-7-15-12-3-2-9(14)5-11(12)13(17)18/h2-5,7H,6H2,1H3. The summed E-state index contributed by atoms with van der Waals surface area (Å²) in [7, 11) is 0. The molecule has 0 bridgehead atoms. The van der Waals surface area contributed by atoms with E-state index in [0.29, 0.717) is 28.2 Å². The number of rotatable bonds is 2. The van der Waals surface area contributed by atoms with Gasteiger partial charge in [0.2, 0.25) is 0 Å². The summed E-state index contributed by atoms with van der Waals surface area (Å²) in [5.41, 5.74) is 1.25. The number of hydrogen-bond donors (Lipinski definition) is 0. The number of aryl methyl sites for hydroxylation is 1. The Bertz CT molecular complexity index is 807. The Kier molecular flexibility index (Phi) is 2.83. The topological polar surface area (TPSA) is 60.9 Å². The van der Waals surface area contributed by atoms with Gasteiger partial charge in [-0.25, -0.2) is 4.98 Å². The Morgan fingerprint density at radius 1 is 1.37 bits per heavy atom.